The fourth-order valence-corrected chi connectivity index (χ4v) is 2.40. The van der Waals surface area contributed by atoms with Crippen molar-refractivity contribution in [1.29, 1.82) is 0 Å². The fourth-order valence-electron chi connectivity index (χ4n) is 2.40. The summed E-state index contributed by atoms with van der Waals surface area (Å²) in [7, 11) is 1.64. The molecule has 0 radical (unpaired) electrons. The summed E-state index contributed by atoms with van der Waals surface area (Å²) in [5.41, 5.74) is 1.83. The Morgan fingerprint density at radius 2 is 2.25 bits per heavy atom. The molecule has 2 aliphatic rings. The van der Waals surface area contributed by atoms with Crippen molar-refractivity contribution in [1.82, 2.24) is 4.90 Å². The van der Waals surface area contributed by atoms with Crippen molar-refractivity contribution in [3.8, 4) is 0 Å². The topological polar surface area (TPSA) is 38.8 Å². The minimum atomic E-state index is -0.198. The lowest BCUT2D eigenvalue weighted by atomic mass is 10.2. The Labute approximate surface area is 96.2 Å². The average molecular weight is 225 g/mol. The normalized spacial score (nSPS) is 30.7. The summed E-state index contributed by atoms with van der Waals surface area (Å²) < 4.78 is 10.9. The van der Waals surface area contributed by atoms with Gasteiger partial charge >= 0.3 is 0 Å². The molecule has 0 saturated carbocycles. The molecule has 2 rings (SSSR count). The molecule has 0 aromatic heterocycles. The van der Waals surface area contributed by atoms with Crippen LogP contribution in [0.5, 0.6) is 0 Å². The minimum absolute atomic E-state index is 0.0832. The van der Waals surface area contributed by atoms with E-state index in [0.29, 0.717) is 6.54 Å². The molecule has 0 aliphatic carbocycles. The molecule has 2 aliphatic heterocycles. The number of hydrogen-bond acceptors (Lipinski definition) is 3. The number of carbonyl (C=O) groups excluding carboxylic acids is 1. The van der Waals surface area contributed by atoms with E-state index in [9.17, 15) is 4.79 Å². The first-order chi connectivity index (χ1) is 7.65. The maximum atomic E-state index is 12.0. The van der Waals surface area contributed by atoms with E-state index in [1.165, 1.54) is 0 Å². The third-order valence-electron chi connectivity index (χ3n) is 3.47. The summed E-state index contributed by atoms with van der Waals surface area (Å²) in [6, 6.07) is 0. The zero-order valence-corrected chi connectivity index (χ0v) is 10.2. The van der Waals surface area contributed by atoms with Gasteiger partial charge in [-0.15, -0.1) is 0 Å². The average Bonchev–Trinajstić information content (AvgIpc) is 2.84. The van der Waals surface area contributed by atoms with Gasteiger partial charge < -0.3 is 14.4 Å². The van der Waals surface area contributed by atoms with Crippen molar-refractivity contribution < 1.29 is 14.3 Å². The van der Waals surface area contributed by atoms with Crippen molar-refractivity contribution in [2.45, 2.75) is 39.0 Å². The molecule has 1 amide bonds. The van der Waals surface area contributed by atoms with Gasteiger partial charge in [0, 0.05) is 19.3 Å². The second-order valence-corrected chi connectivity index (χ2v) is 4.49. The van der Waals surface area contributed by atoms with Crippen LogP contribution in [0.1, 0.15) is 26.7 Å². The van der Waals surface area contributed by atoms with Gasteiger partial charge in [-0.25, -0.2) is 0 Å². The zero-order valence-electron chi connectivity index (χ0n) is 10.2. The lowest BCUT2D eigenvalue weighted by Gasteiger charge is -2.27. The second-order valence-electron chi connectivity index (χ2n) is 4.49. The number of hydrogen-bond donors (Lipinski definition) is 0. The van der Waals surface area contributed by atoms with Crippen LogP contribution < -0.4 is 0 Å². The first-order valence-electron chi connectivity index (χ1n) is 5.78. The third-order valence-corrected chi connectivity index (χ3v) is 3.47. The van der Waals surface area contributed by atoms with E-state index in [1.807, 2.05) is 13.8 Å². The monoisotopic (exact) mass is 225 g/mol. The Morgan fingerprint density at radius 3 is 2.81 bits per heavy atom. The van der Waals surface area contributed by atoms with Crippen LogP contribution in [0.3, 0.4) is 0 Å². The van der Waals surface area contributed by atoms with Gasteiger partial charge in [-0.05, 0) is 32.3 Å². The third kappa shape index (κ3) is 1.87. The Kier molecular flexibility index (Phi) is 3.30. The predicted octanol–water partition coefficient (Wildman–Crippen LogP) is 1.32. The summed E-state index contributed by atoms with van der Waals surface area (Å²) >= 11 is 0. The minimum Gasteiger partial charge on any atom is -0.376 e. The van der Waals surface area contributed by atoms with Crippen LogP contribution in [-0.4, -0.2) is 43.4 Å². The summed E-state index contributed by atoms with van der Waals surface area (Å²) in [4.78, 5) is 13.8. The molecular formula is C12H19NO3. The molecule has 0 bridgehead atoms. The highest BCUT2D eigenvalue weighted by Gasteiger charge is 2.36. The SMILES string of the molecule is CO[C@H]1C(C)=C(C)C(=O)N1C[C@@H]1CCCO1. The van der Waals surface area contributed by atoms with E-state index in [-0.39, 0.29) is 18.2 Å². The van der Waals surface area contributed by atoms with Crippen molar-refractivity contribution in [2.24, 2.45) is 0 Å². The highest BCUT2D eigenvalue weighted by Crippen LogP contribution is 2.27. The summed E-state index contributed by atoms with van der Waals surface area (Å²) in [6.45, 7) is 5.28. The standard InChI is InChI=1S/C12H19NO3/c1-8-9(2)12(15-3)13(11(8)14)7-10-5-4-6-16-10/h10,12H,4-7H2,1-3H3/t10-,12-/m0/s1. The number of nitrogens with zero attached hydrogens (tertiary/aromatic N) is 1. The van der Waals surface area contributed by atoms with Gasteiger partial charge in [0.15, 0.2) is 6.23 Å². The quantitative estimate of drug-likeness (QED) is 0.727. The number of methoxy groups -OCH3 is 1. The fraction of sp³-hybridized carbons (Fsp3) is 0.750. The Balaban J connectivity index is 2.06. The van der Waals surface area contributed by atoms with Gasteiger partial charge in [-0.2, -0.15) is 0 Å². The van der Waals surface area contributed by atoms with Gasteiger partial charge in [0.25, 0.3) is 5.91 Å². The summed E-state index contributed by atoms with van der Waals surface area (Å²) in [5.74, 6) is 0.0832. The van der Waals surface area contributed by atoms with Crippen LogP contribution in [-0.2, 0) is 14.3 Å². The molecule has 90 valence electrons. The van der Waals surface area contributed by atoms with E-state index in [1.54, 1.807) is 12.0 Å². The second kappa shape index (κ2) is 4.55. The van der Waals surface area contributed by atoms with E-state index in [2.05, 4.69) is 0 Å². The molecule has 2 atom stereocenters. The zero-order chi connectivity index (χ0) is 11.7. The molecule has 4 heteroatoms. The van der Waals surface area contributed by atoms with Gasteiger partial charge in [0.2, 0.25) is 0 Å². The van der Waals surface area contributed by atoms with Crippen LogP contribution >= 0.6 is 0 Å². The molecule has 0 aromatic rings. The van der Waals surface area contributed by atoms with Gasteiger partial charge in [-0.3, -0.25) is 4.79 Å². The van der Waals surface area contributed by atoms with Crippen LogP contribution in [0.25, 0.3) is 0 Å². The number of amides is 1. The smallest absolute Gasteiger partial charge is 0.251 e. The highest BCUT2D eigenvalue weighted by atomic mass is 16.5. The first-order valence-corrected chi connectivity index (χ1v) is 5.78. The van der Waals surface area contributed by atoms with Crippen LogP contribution in [0.4, 0.5) is 0 Å². The Hall–Kier alpha value is -0.870. The first kappa shape index (κ1) is 11.6. The largest absolute Gasteiger partial charge is 0.376 e. The van der Waals surface area contributed by atoms with E-state index in [0.717, 1.165) is 30.6 Å². The molecule has 1 fully saturated rings. The number of carbonyl (C=O) groups is 1. The van der Waals surface area contributed by atoms with Crippen molar-refractivity contribution >= 4 is 5.91 Å². The number of ether oxygens (including phenoxy) is 2. The molecular weight excluding hydrogens is 206 g/mol. The predicted molar refractivity (Wildman–Crippen MR) is 59.9 cm³/mol. The Morgan fingerprint density at radius 1 is 1.50 bits per heavy atom. The van der Waals surface area contributed by atoms with Crippen LogP contribution in [0.15, 0.2) is 11.1 Å². The van der Waals surface area contributed by atoms with Gasteiger partial charge in [0.1, 0.15) is 0 Å². The molecule has 4 nitrogen and oxygen atoms in total. The van der Waals surface area contributed by atoms with Gasteiger partial charge in [-0.1, -0.05) is 0 Å². The summed E-state index contributed by atoms with van der Waals surface area (Å²) in [5, 5.41) is 0. The van der Waals surface area contributed by atoms with Crippen LogP contribution in [0, 0.1) is 0 Å². The highest BCUT2D eigenvalue weighted by molar-refractivity contribution is 5.96. The molecule has 1 saturated heterocycles. The van der Waals surface area contributed by atoms with E-state index in [4.69, 9.17) is 9.47 Å². The van der Waals surface area contributed by atoms with Crippen LogP contribution in [0.2, 0.25) is 0 Å². The van der Waals surface area contributed by atoms with E-state index >= 15 is 0 Å². The van der Waals surface area contributed by atoms with Crippen molar-refractivity contribution in [2.75, 3.05) is 20.3 Å². The molecule has 0 aromatic carbocycles. The molecule has 2 heterocycles. The molecule has 16 heavy (non-hydrogen) atoms. The number of rotatable bonds is 3. The lowest BCUT2D eigenvalue weighted by molar-refractivity contribution is -0.135. The van der Waals surface area contributed by atoms with Gasteiger partial charge in [0.05, 0.1) is 12.6 Å². The van der Waals surface area contributed by atoms with E-state index < -0.39 is 0 Å². The van der Waals surface area contributed by atoms with Crippen molar-refractivity contribution in [3.63, 3.8) is 0 Å². The lowest BCUT2D eigenvalue weighted by Crippen LogP contribution is -2.41. The maximum Gasteiger partial charge on any atom is 0.251 e. The molecule has 0 unspecified atom stereocenters. The summed E-state index contributed by atoms with van der Waals surface area (Å²) in [6.07, 6.45) is 2.12. The Bertz CT molecular complexity index is 318. The van der Waals surface area contributed by atoms with Crippen molar-refractivity contribution in [3.05, 3.63) is 11.1 Å². The molecule has 0 spiro atoms. The maximum absolute atomic E-state index is 12.0. The molecule has 0 N–H and O–H groups in total.